The molecule has 22 heavy (non-hydrogen) atoms. The molecule has 5 heteroatoms. The molecule has 0 saturated heterocycles. The van der Waals surface area contributed by atoms with Crippen molar-refractivity contribution in [2.24, 2.45) is 5.92 Å². The molecule has 0 bridgehead atoms. The quantitative estimate of drug-likeness (QED) is 0.642. The Hall–Kier alpha value is -1.55. The van der Waals surface area contributed by atoms with E-state index >= 15 is 0 Å². The van der Waals surface area contributed by atoms with E-state index in [1.54, 1.807) is 18.2 Å². The van der Waals surface area contributed by atoms with E-state index in [-0.39, 0.29) is 0 Å². The van der Waals surface area contributed by atoms with Gasteiger partial charge in [-0.15, -0.1) is 0 Å². The van der Waals surface area contributed by atoms with E-state index < -0.39 is 11.8 Å². The molecule has 1 fully saturated rings. The number of carbonyl (C=O) groups excluding carboxylic acids is 2. The van der Waals surface area contributed by atoms with Gasteiger partial charge >= 0.3 is 11.8 Å². The minimum Gasteiger partial charge on any atom is -0.348 e. The fraction of sp³-hybridized carbons (Fsp3) is 0.529. The highest BCUT2D eigenvalue weighted by atomic mass is 35.5. The first-order chi connectivity index (χ1) is 10.6. The fourth-order valence-corrected chi connectivity index (χ4v) is 3.01. The van der Waals surface area contributed by atoms with Crippen molar-refractivity contribution in [2.75, 3.05) is 11.9 Å². The molecule has 1 aromatic rings. The maximum atomic E-state index is 11.8. The molecule has 1 aliphatic rings. The van der Waals surface area contributed by atoms with Gasteiger partial charge in [0.2, 0.25) is 0 Å². The van der Waals surface area contributed by atoms with Crippen molar-refractivity contribution in [3.8, 4) is 0 Å². The summed E-state index contributed by atoms with van der Waals surface area (Å²) in [4.78, 5) is 23.5. The first-order valence-electron chi connectivity index (χ1n) is 7.91. The zero-order chi connectivity index (χ0) is 15.9. The van der Waals surface area contributed by atoms with Crippen LogP contribution >= 0.6 is 11.6 Å². The van der Waals surface area contributed by atoms with E-state index in [9.17, 15) is 9.59 Å². The number of anilines is 1. The van der Waals surface area contributed by atoms with Gasteiger partial charge in [-0.1, -0.05) is 43.4 Å². The van der Waals surface area contributed by atoms with Gasteiger partial charge in [0.15, 0.2) is 0 Å². The summed E-state index contributed by atoms with van der Waals surface area (Å²) in [5, 5.41) is 5.79. The molecule has 1 saturated carbocycles. The van der Waals surface area contributed by atoms with Crippen LogP contribution in [0, 0.1) is 12.8 Å². The average Bonchev–Trinajstić information content (AvgIpc) is 3.00. The SMILES string of the molecule is Cc1ccc(NC(=O)C(=O)NCCCC2CCCC2)cc1Cl. The molecule has 2 N–H and O–H groups in total. The number of halogens is 1. The molecule has 0 spiro atoms. The number of amides is 2. The van der Waals surface area contributed by atoms with Crippen molar-refractivity contribution >= 4 is 29.1 Å². The number of aryl methyl sites for hydroxylation is 1. The lowest BCUT2D eigenvalue weighted by atomic mass is 10.0. The molecule has 4 nitrogen and oxygen atoms in total. The van der Waals surface area contributed by atoms with E-state index in [0.717, 1.165) is 24.3 Å². The van der Waals surface area contributed by atoms with Crippen molar-refractivity contribution < 1.29 is 9.59 Å². The molecule has 1 aromatic carbocycles. The van der Waals surface area contributed by atoms with Gasteiger partial charge in [0.1, 0.15) is 0 Å². The van der Waals surface area contributed by atoms with Crippen molar-refractivity contribution in [2.45, 2.75) is 45.4 Å². The second-order valence-electron chi connectivity index (χ2n) is 5.97. The van der Waals surface area contributed by atoms with Gasteiger partial charge in [-0.25, -0.2) is 0 Å². The number of rotatable bonds is 5. The highest BCUT2D eigenvalue weighted by Gasteiger charge is 2.16. The predicted octanol–water partition coefficient (Wildman–Crippen LogP) is 3.67. The lowest BCUT2D eigenvalue weighted by Gasteiger charge is -2.10. The van der Waals surface area contributed by atoms with E-state index in [1.165, 1.54) is 25.7 Å². The van der Waals surface area contributed by atoms with Crippen molar-refractivity contribution in [3.63, 3.8) is 0 Å². The number of benzene rings is 1. The summed E-state index contributed by atoms with van der Waals surface area (Å²) in [7, 11) is 0. The lowest BCUT2D eigenvalue weighted by molar-refractivity contribution is -0.136. The summed E-state index contributed by atoms with van der Waals surface area (Å²) in [6.07, 6.45) is 7.35. The minimum atomic E-state index is -0.652. The van der Waals surface area contributed by atoms with Gasteiger partial charge < -0.3 is 10.6 Å². The summed E-state index contributed by atoms with van der Waals surface area (Å²) >= 11 is 5.99. The Labute approximate surface area is 136 Å². The van der Waals surface area contributed by atoms with Crippen LogP contribution in [0.2, 0.25) is 5.02 Å². The van der Waals surface area contributed by atoms with Gasteiger partial charge in [0.25, 0.3) is 0 Å². The first kappa shape index (κ1) is 16.8. The molecule has 1 aliphatic carbocycles. The van der Waals surface area contributed by atoms with Crippen molar-refractivity contribution in [1.29, 1.82) is 0 Å². The third-order valence-corrected chi connectivity index (χ3v) is 4.59. The lowest BCUT2D eigenvalue weighted by Crippen LogP contribution is -2.36. The van der Waals surface area contributed by atoms with Crippen LogP contribution in [0.5, 0.6) is 0 Å². The average molecular weight is 323 g/mol. The summed E-state index contributed by atoms with van der Waals surface area (Å²) in [6, 6.07) is 5.17. The molecule has 2 amide bonds. The minimum absolute atomic E-state index is 0.529. The second-order valence-corrected chi connectivity index (χ2v) is 6.37. The molecule has 0 unspecified atom stereocenters. The van der Waals surface area contributed by atoms with E-state index in [4.69, 9.17) is 11.6 Å². The molecule has 2 rings (SSSR count). The molecule has 0 atom stereocenters. The topological polar surface area (TPSA) is 58.2 Å². The van der Waals surface area contributed by atoms with Gasteiger partial charge in [-0.05, 0) is 43.4 Å². The molecule has 0 radical (unpaired) electrons. The summed E-state index contributed by atoms with van der Waals surface area (Å²) in [6.45, 7) is 2.43. The fourth-order valence-electron chi connectivity index (χ4n) is 2.83. The van der Waals surface area contributed by atoms with Crippen LogP contribution in [-0.2, 0) is 9.59 Å². The van der Waals surface area contributed by atoms with Crippen molar-refractivity contribution in [3.05, 3.63) is 28.8 Å². The zero-order valence-electron chi connectivity index (χ0n) is 13.0. The van der Waals surface area contributed by atoms with Crippen LogP contribution in [0.1, 0.15) is 44.1 Å². The monoisotopic (exact) mass is 322 g/mol. The number of carbonyl (C=O) groups is 2. The third kappa shape index (κ3) is 5.02. The first-order valence-corrected chi connectivity index (χ1v) is 8.29. The van der Waals surface area contributed by atoms with Gasteiger partial charge in [0, 0.05) is 17.3 Å². The zero-order valence-corrected chi connectivity index (χ0v) is 13.7. The van der Waals surface area contributed by atoms with Crippen molar-refractivity contribution in [1.82, 2.24) is 5.32 Å². The summed E-state index contributed by atoms with van der Waals surface area (Å²) in [5.41, 5.74) is 1.46. The van der Waals surface area contributed by atoms with Gasteiger partial charge in [-0.3, -0.25) is 9.59 Å². The largest absolute Gasteiger partial charge is 0.348 e. The normalized spacial score (nSPS) is 14.8. The Morgan fingerprint density at radius 2 is 1.95 bits per heavy atom. The van der Waals surface area contributed by atoms with Crippen LogP contribution in [0.15, 0.2) is 18.2 Å². The van der Waals surface area contributed by atoms with Crippen LogP contribution in [0.3, 0.4) is 0 Å². The molecule has 120 valence electrons. The van der Waals surface area contributed by atoms with Gasteiger partial charge in [-0.2, -0.15) is 0 Å². The summed E-state index contributed by atoms with van der Waals surface area (Å²) in [5.74, 6) is -0.440. The molecular weight excluding hydrogens is 300 g/mol. The maximum absolute atomic E-state index is 11.8. The van der Waals surface area contributed by atoms with E-state index in [1.807, 2.05) is 6.92 Å². The van der Waals surface area contributed by atoms with Crippen LogP contribution in [-0.4, -0.2) is 18.4 Å². The number of hydrogen-bond donors (Lipinski definition) is 2. The standard InChI is InChI=1S/C17H23ClN2O2/c1-12-8-9-14(11-15(12)18)20-17(22)16(21)19-10-4-7-13-5-2-3-6-13/h8-9,11,13H,2-7,10H2,1H3,(H,19,21)(H,20,22). The Balaban J connectivity index is 1.69. The Morgan fingerprint density at radius 1 is 1.23 bits per heavy atom. The van der Waals surface area contributed by atoms with E-state index in [0.29, 0.717) is 17.3 Å². The van der Waals surface area contributed by atoms with Crippen LogP contribution in [0.4, 0.5) is 5.69 Å². The third-order valence-electron chi connectivity index (χ3n) is 4.19. The summed E-state index contributed by atoms with van der Waals surface area (Å²) < 4.78 is 0. The Morgan fingerprint density at radius 3 is 2.64 bits per heavy atom. The smallest absolute Gasteiger partial charge is 0.313 e. The van der Waals surface area contributed by atoms with Crippen LogP contribution < -0.4 is 10.6 Å². The maximum Gasteiger partial charge on any atom is 0.313 e. The second kappa shape index (κ2) is 8.18. The highest BCUT2D eigenvalue weighted by Crippen LogP contribution is 2.28. The highest BCUT2D eigenvalue weighted by molar-refractivity contribution is 6.39. The Kier molecular flexibility index (Phi) is 6.25. The predicted molar refractivity (Wildman–Crippen MR) is 89.0 cm³/mol. The molecule has 0 aromatic heterocycles. The number of nitrogens with one attached hydrogen (secondary N) is 2. The Bertz CT molecular complexity index is 539. The van der Waals surface area contributed by atoms with Gasteiger partial charge in [0.05, 0.1) is 0 Å². The van der Waals surface area contributed by atoms with E-state index in [2.05, 4.69) is 10.6 Å². The van der Waals surface area contributed by atoms with Crippen LogP contribution in [0.25, 0.3) is 0 Å². The molecular formula is C17H23ClN2O2. The molecule has 0 heterocycles. The molecule has 0 aliphatic heterocycles. The number of hydrogen-bond acceptors (Lipinski definition) is 2.